The molecule has 0 radical (unpaired) electrons. The number of cyclic esters (lactones) is 1. The van der Waals surface area contributed by atoms with Gasteiger partial charge in [0.15, 0.2) is 17.6 Å². The van der Waals surface area contributed by atoms with Gasteiger partial charge in [-0.2, -0.15) is 0 Å². The summed E-state index contributed by atoms with van der Waals surface area (Å²) in [6.45, 7) is 4.41. The molecule has 0 spiro atoms. The second kappa shape index (κ2) is 4.62. The van der Waals surface area contributed by atoms with Gasteiger partial charge in [-0.25, -0.2) is 9.59 Å². The monoisotopic (exact) mass is 245 g/mol. The Bertz CT molecular complexity index is 367. The number of amides is 1. The predicted molar refractivity (Wildman–Crippen MR) is 56.0 cm³/mol. The molecule has 1 aliphatic rings. The lowest BCUT2D eigenvalue weighted by Gasteiger charge is -2.19. The molecule has 0 aromatic heterocycles. The molecule has 1 heterocycles. The normalized spacial score (nSPS) is 20.2. The third kappa shape index (κ3) is 3.35. The number of aliphatic hydroxyl groups excluding tert-OH is 2. The smallest absolute Gasteiger partial charge is 0.412 e. The van der Waals surface area contributed by atoms with Crippen LogP contribution in [0.2, 0.25) is 0 Å². The second-order valence-electron chi connectivity index (χ2n) is 4.46. The first-order valence-electron chi connectivity index (χ1n) is 4.99. The van der Waals surface area contributed by atoms with Gasteiger partial charge < -0.3 is 19.7 Å². The highest BCUT2D eigenvalue weighted by atomic mass is 16.6. The molecule has 0 aromatic carbocycles. The number of rotatable bonds is 2. The van der Waals surface area contributed by atoms with E-state index in [4.69, 9.17) is 9.84 Å². The van der Waals surface area contributed by atoms with Gasteiger partial charge in [0, 0.05) is 0 Å². The van der Waals surface area contributed by atoms with Crippen LogP contribution in [0.5, 0.6) is 0 Å². The van der Waals surface area contributed by atoms with Crippen molar-refractivity contribution in [2.45, 2.75) is 32.5 Å². The lowest BCUT2D eigenvalue weighted by molar-refractivity contribution is -0.142. The predicted octanol–water partition coefficient (Wildman–Crippen LogP) is 0.198. The van der Waals surface area contributed by atoms with Crippen LogP contribution in [-0.4, -0.2) is 40.6 Å². The van der Waals surface area contributed by atoms with Crippen molar-refractivity contribution in [2.75, 3.05) is 6.61 Å². The molecule has 1 amide bonds. The average Bonchev–Trinajstić information content (AvgIpc) is 2.42. The molecule has 7 nitrogen and oxygen atoms in total. The van der Waals surface area contributed by atoms with E-state index in [0.29, 0.717) is 0 Å². The van der Waals surface area contributed by atoms with E-state index in [1.54, 1.807) is 20.8 Å². The first-order valence-corrected chi connectivity index (χ1v) is 4.99. The van der Waals surface area contributed by atoms with E-state index in [1.165, 1.54) is 0 Å². The molecule has 96 valence electrons. The lowest BCUT2D eigenvalue weighted by Crippen LogP contribution is -2.33. The number of alkyl carbamates (subject to hydrolysis) is 1. The van der Waals surface area contributed by atoms with Gasteiger partial charge >= 0.3 is 12.1 Å². The summed E-state index contributed by atoms with van der Waals surface area (Å²) >= 11 is 0. The van der Waals surface area contributed by atoms with Crippen molar-refractivity contribution in [3.05, 3.63) is 11.5 Å². The van der Waals surface area contributed by atoms with Crippen LogP contribution in [0.1, 0.15) is 20.8 Å². The Kier molecular flexibility index (Phi) is 3.62. The highest BCUT2D eigenvalue weighted by Gasteiger charge is 2.35. The molecule has 0 fully saturated rings. The van der Waals surface area contributed by atoms with Gasteiger partial charge in [0.05, 0.1) is 6.61 Å². The minimum absolute atomic E-state index is 0.404. The summed E-state index contributed by atoms with van der Waals surface area (Å²) in [6, 6.07) is 0. The zero-order valence-corrected chi connectivity index (χ0v) is 9.81. The maximum Gasteiger partial charge on any atom is 0.412 e. The number of hydrogen-bond donors (Lipinski definition) is 3. The largest absolute Gasteiger partial charge is 0.506 e. The van der Waals surface area contributed by atoms with Crippen molar-refractivity contribution in [1.82, 2.24) is 5.32 Å². The molecule has 0 unspecified atom stereocenters. The van der Waals surface area contributed by atoms with Crippen LogP contribution in [0.3, 0.4) is 0 Å². The molecular formula is C10H15NO6. The number of carbonyl (C=O) groups excluding carboxylic acids is 2. The Morgan fingerprint density at radius 2 is 2.12 bits per heavy atom. The van der Waals surface area contributed by atoms with Gasteiger partial charge in [0.1, 0.15) is 5.60 Å². The van der Waals surface area contributed by atoms with E-state index in [2.05, 4.69) is 10.1 Å². The van der Waals surface area contributed by atoms with Gasteiger partial charge in [0.2, 0.25) is 0 Å². The maximum absolute atomic E-state index is 11.4. The van der Waals surface area contributed by atoms with E-state index < -0.39 is 41.8 Å². The fraction of sp³-hybridized carbons (Fsp3) is 0.600. The number of ether oxygens (including phenoxy) is 2. The fourth-order valence-electron chi connectivity index (χ4n) is 1.15. The first-order chi connectivity index (χ1) is 7.74. The van der Waals surface area contributed by atoms with Crippen molar-refractivity contribution in [1.29, 1.82) is 0 Å². The summed E-state index contributed by atoms with van der Waals surface area (Å²) < 4.78 is 9.48. The summed E-state index contributed by atoms with van der Waals surface area (Å²) in [6.07, 6.45) is -2.01. The topological polar surface area (TPSA) is 105 Å². The molecule has 3 N–H and O–H groups in total. The molecule has 17 heavy (non-hydrogen) atoms. The van der Waals surface area contributed by atoms with Gasteiger partial charge in [-0.1, -0.05) is 0 Å². The highest BCUT2D eigenvalue weighted by molar-refractivity contribution is 5.95. The van der Waals surface area contributed by atoms with Crippen LogP contribution in [0.4, 0.5) is 4.79 Å². The maximum atomic E-state index is 11.4. The van der Waals surface area contributed by atoms with E-state index in [0.717, 1.165) is 0 Å². The zero-order chi connectivity index (χ0) is 13.2. The lowest BCUT2D eigenvalue weighted by atomic mass is 10.2. The third-order valence-corrected chi connectivity index (χ3v) is 1.81. The summed E-state index contributed by atoms with van der Waals surface area (Å²) in [5, 5.41) is 20.3. The van der Waals surface area contributed by atoms with Gasteiger partial charge in [-0.3, -0.25) is 5.32 Å². The Balaban J connectivity index is 2.71. The fourth-order valence-corrected chi connectivity index (χ4v) is 1.15. The van der Waals surface area contributed by atoms with Crippen LogP contribution in [0.25, 0.3) is 0 Å². The average molecular weight is 245 g/mol. The van der Waals surface area contributed by atoms with E-state index in [9.17, 15) is 14.7 Å². The van der Waals surface area contributed by atoms with Gasteiger partial charge in [-0.15, -0.1) is 0 Å². The molecule has 0 saturated heterocycles. The van der Waals surface area contributed by atoms with E-state index in [1.807, 2.05) is 0 Å². The summed E-state index contributed by atoms with van der Waals surface area (Å²) in [5.74, 6) is -1.42. The Labute approximate surface area is 98.0 Å². The molecule has 0 aliphatic carbocycles. The molecule has 1 rings (SSSR count). The first kappa shape index (κ1) is 13.3. The SMILES string of the molecule is CC(C)(C)OC(=O)NC1=C(O)[C@@H](CO)OC1=O. The number of esters is 1. The second-order valence-corrected chi connectivity index (χ2v) is 4.46. The van der Waals surface area contributed by atoms with Gasteiger partial charge in [-0.05, 0) is 20.8 Å². The minimum Gasteiger partial charge on any atom is -0.506 e. The van der Waals surface area contributed by atoms with Crippen molar-refractivity contribution in [3.8, 4) is 0 Å². The Morgan fingerprint density at radius 1 is 1.53 bits per heavy atom. The van der Waals surface area contributed by atoms with E-state index in [-0.39, 0.29) is 0 Å². The van der Waals surface area contributed by atoms with Crippen LogP contribution < -0.4 is 5.32 Å². The van der Waals surface area contributed by atoms with Crippen LogP contribution in [0.15, 0.2) is 11.5 Å². The molecule has 0 saturated carbocycles. The molecule has 1 aliphatic heterocycles. The summed E-state index contributed by atoms with van der Waals surface area (Å²) in [4.78, 5) is 22.6. The van der Waals surface area contributed by atoms with Crippen molar-refractivity contribution >= 4 is 12.1 Å². The van der Waals surface area contributed by atoms with Crippen molar-refractivity contribution in [3.63, 3.8) is 0 Å². The summed E-state index contributed by atoms with van der Waals surface area (Å²) in [7, 11) is 0. The van der Waals surface area contributed by atoms with Crippen molar-refractivity contribution in [2.24, 2.45) is 0 Å². The Morgan fingerprint density at radius 3 is 2.53 bits per heavy atom. The Hall–Kier alpha value is -1.76. The number of aliphatic hydroxyl groups is 2. The molecular weight excluding hydrogens is 230 g/mol. The van der Waals surface area contributed by atoms with Crippen LogP contribution in [-0.2, 0) is 14.3 Å². The standard InChI is InChI=1S/C10H15NO6/c1-10(2,3)17-9(15)11-6-7(13)5(4-12)16-8(6)14/h5,12-13H,4H2,1-3H3,(H,11,15)/t5-/m1/s1. The number of hydrogen-bond acceptors (Lipinski definition) is 6. The number of nitrogens with one attached hydrogen (secondary N) is 1. The molecule has 0 bridgehead atoms. The minimum atomic E-state index is -1.13. The van der Waals surface area contributed by atoms with Gasteiger partial charge in [0.25, 0.3) is 0 Å². The number of carbonyl (C=O) groups is 2. The van der Waals surface area contributed by atoms with Crippen LogP contribution in [0, 0.1) is 0 Å². The zero-order valence-electron chi connectivity index (χ0n) is 9.81. The van der Waals surface area contributed by atoms with E-state index >= 15 is 0 Å². The molecule has 0 aromatic rings. The quantitative estimate of drug-likeness (QED) is 0.600. The van der Waals surface area contributed by atoms with Crippen LogP contribution >= 0.6 is 0 Å². The molecule has 7 heteroatoms. The highest BCUT2D eigenvalue weighted by Crippen LogP contribution is 2.18. The van der Waals surface area contributed by atoms with Crippen molar-refractivity contribution < 1.29 is 29.3 Å². The third-order valence-electron chi connectivity index (χ3n) is 1.81. The molecule has 1 atom stereocenters. The summed E-state index contributed by atoms with van der Waals surface area (Å²) in [5.41, 5.74) is -1.13.